The lowest BCUT2D eigenvalue weighted by Gasteiger charge is -2.09. The maximum absolute atomic E-state index is 14.6. The summed E-state index contributed by atoms with van der Waals surface area (Å²) in [6, 6.07) is 9.82. The monoisotopic (exact) mass is 599 g/mol. The molecule has 0 atom stereocenters. The van der Waals surface area contributed by atoms with E-state index >= 15 is 0 Å². The smallest absolute Gasteiger partial charge is 0.226 e. The van der Waals surface area contributed by atoms with Crippen molar-refractivity contribution < 1.29 is 17.6 Å². The molecule has 1 amide bonds. The number of carbonyl (C=O) groups excluding carboxylic acids is 1. The summed E-state index contributed by atoms with van der Waals surface area (Å²) in [6.45, 7) is 3.58. The average molecular weight is 600 g/mol. The van der Waals surface area contributed by atoms with Crippen molar-refractivity contribution >= 4 is 43.8 Å². The number of sulfonamides is 1. The third kappa shape index (κ3) is 5.96. The number of benzene rings is 1. The number of carbonyl (C=O) groups is 1. The van der Waals surface area contributed by atoms with Crippen molar-refractivity contribution in [1.29, 1.82) is 0 Å². The van der Waals surface area contributed by atoms with E-state index in [9.17, 15) is 17.6 Å². The fourth-order valence-corrected chi connectivity index (χ4v) is 5.01. The molecule has 0 aliphatic heterocycles. The first-order chi connectivity index (χ1) is 20.5. The molecule has 1 aromatic carbocycles. The Morgan fingerprint density at radius 3 is 2.60 bits per heavy atom. The first-order valence-electron chi connectivity index (χ1n) is 13.2. The van der Waals surface area contributed by atoms with Gasteiger partial charge in [-0.05, 0) is 47.5 Å². The van der Waals surface area contributed by atoms with Gasteiger partial charge in [-0.15, -0.1) is 0 Å². The molecule has 5 heterocycles. The molecule has 0 aliphatic rings. The number of amides is 1. The summed E-state index contributed by atoms with van der Waals surface area (Å²) in [7, 11) is -3.45. The zero-order valence-corrected chi connectivity index (χ0v) is 24.1. The van der Waals surface area contributed by atoms with Crippen LogP contribution in [0, 0.1) is 11.7 Å². The Morgan fingerprint density at radius 1 is 1.00 bits per heavy atom. The average Bonchev–Trinajstić information content (AvgIpc) is 3.59. The van der Waals surface area contributed by atoms with E-state index in [1.165, 1.54) is 12.1 Å². The van der Waals surface area contributed by atoms with E-state index < -0.39 is 15.8 Å². The third-order valence-corrected chi connectivity index (χ3v) is 7.38. The predicted octanol–water partition coefficient (Wildman–Crippen LogP) is 4.41. The van der Waals surface area contributed by atoms with E-state index in [-0.39, 0.29) is 18.4 Å². The number of fused-ring (bicyclic) bond motifs is 2. The number of H-pyrrole nitrogens is 2. The van der Waals surface area contributed by atoms with Gasteiger partial charge in [0, 0.05) is 47.7 Å². The molecule has 14 heteroatoms. The lowest BCUT2D eigenvalue weighted by molar-refractivity contribution is -0.118. The van der Waals surface area contributed by atoms with Crippen LogP contribution in [0.4, 0.5) is 10.1 Å². The highest BCUT2D eigenvalue weighted by Gasteiger charge is 2.18. The third-order valence-electron chi connectivity index (χ3n) is 6.71. The van der Waals surface area contributed by atoms with Gasteiger partial charge in [-0.3, -0.25) is 14.9 Å². The molecule has 0 unspecified atom stereocenters. The number of hydrogen-bond acceptors (Lipinski definition) is 8. The number of nitrogens with zero attached hydrogens (tertiary/aromatic N) is 5. The topological polar surface area (TPSA) is 171 Å². The van der Waals surface area contributed by atoms with E-state index in [2.05, 4.69) is 45.2 Å². The van der Waals surface area contributed by atoms with E-state index in [4.69, 9.17) is 0 Å². The van der Waals surface area contributed by atoms with Crippen molar-refractivity contribution in [2.45, 2.75) is 20.4 Å². The van der Waals surface area contributed by atoms with Crippen molar-refractivity contribution in [3.63, 3.8) is 0 Å². The summed E-state index contributed by atoms with van der Waals surface area (Å²) in [4.78, 5) is 33.3. The lowest BCUT2D eigenvalue weighted by Crippen LogP contribution is -2.21. The number of aromatic nitrogens is 7. The summed E-state index contributed by atoms with van der Waals surface area (Å²) < 4.78 is 40.1. The second-order valence-corrected chi connectivity index (χ2v) is 12.2. The van der Waals surface area contributed by atoms with Gasteiger partial charge in [-0.2, -0.15) is 5.10 Å². The minimum Gasteiger partial charge on any atom is -0.335 e. The number of halogens is 1. The fourth-order valence-electron chi connectivity index (χ4n) is 4.58. The molecule has 0 saturated carbocycles. The molecular weight excluding hydrogens is 573 g/mol. The van der Waals surface area contributed by atoms with Gasteiger partial charge in [0.1, 0.15) is 11.5 Å². The second kappa shape index (κ2) is 11.0. The van der Waals surface area contributed by atoms with Crippen LogP contribution < -0.4 is 10.0 Å². The maximum atomic E-state index is 14.6. The Bertz CT molecular complexity index is 2120. The molecule has 6 aromatic rings. The molecule has 5 aromatic heterocycles. The first kappa shape index (κ1) is 28.1. The Kier molecular flexibility index (Phi) is 7.15. The standard InChI is InChI=1S/C29H26FN9O3S/c1-15(2)29(40)35-21-9-18(12-31-14-21)19-10-23-25(38-39-26(23)33-13-19)28-36-24-22(4-5-32-27(24)37-28)17-6-16(7-20(30)8-17)11-34-43(3,41)42/h4-10,12-15,34H,11H2,1-3H3,(H,35,40)(H,32,36,37)(H,33,38,39). The van der Waals surface area contributed by atoms with Gasteiger partial charge in [0.15, 0.2) is 17.1 Å². The van der Waals surface area contributed by atoms with E-state index in [0.717, 1.165) is 17.4 Å². The zero-order valence-electron chi connectivity index (χ0n) is 23.3. The second-order valence-electron chi connectivity index (χ2n) is 10.4. The van der Waals surface area contributed by atoms with Crippen LogP contribution in [-0.2, 0) is 21.4 Å². The number of aromatic amines is 2. The van der Waals surface area contributed by atoms with Gasteiger partial charge >= 0.3 is 0 Å². The number of pyridine rings is 3. The highest BCUT2D eigenvalue weighted by Crippen LogP contribution is 2.32. The van der Waals surface area contributed by atoms with Crippen LogP contribution in [0.15, 0.2) is 61.2 Å². The largest absolute Gasteiger partial charge is 0.335 e. The number of nitrogens with one attached hydrogen (secondary N) is 4. The minimum atomic E-state index is -3.45. The Morgan fingerprint density at radius 2 is 1.81 bits per heavy atom. The first-order valence-corrected chi connectivity index (χ1v) is 15.1. The summed E-state index contributed by atoms with van der Waals surface area (Å²) in [6.07, 6.45) is 7.57. The van der Waals surface area contributed by atoms with Crippen LogP contribution >= 0.6 is 0 Å². The molecule has 0 aliphatic carbocycles. The van der Waals surface area contributed by atoms with Crippen molar-refractivity contribution in [2.24, 2.45) is 5.92 Å². The number of anilines is 1. The lowest BCUT2D eigenvalue weighted by atomic mass is 10.0. The molecule has 0 bridgehead atoms. The molecule has 0 saturated heterocycles. The number of rotatable bonds is 8. The Hall–Kier alpha value is -5.08. The van der Waals surface area contributed by atoms with Gasteiger partial charge in [0.25, 0.3) is 0 Å². The van der Waals surface area contributed by atoms with Crippen molar-refractivity contribution in [3.8, 4) is 33.8 Å². The van der Waals surface area contributed by atoms with Crippen LogP contribution in [-0.4, -0.2) is 55.7 Å². The molecule has 0 fully saturated rings. The quantitative estimate of drug-likeness (QED) is 0.199. The van der Waals surface area contributed by atoms with E-state index in [1.54, 1.807) is 36.9 Å². The molecular formula is C29H26FN9O3S. The summed E-state index contributed by atoms with van der Waals surface area (Å²) >= 11 is 0. The molecule has 6 rings (SSSR count). The number of hydrogen-bond donors (Lipinski definition) is 4. The highest BCUT2D eigenvalue weighted by molar-refractivity contribution is 7.88. The van der Waals surface area contributed by atoms with Gasteiger partial charge in [0.2, 0.25) is 15.9 Å². The molecule has 0 spiro atoms. The molecule has 0 radical (unpaired) electrons. The van der Waals surface area contributed by atoms with Crippen molar-refractivity contribution in [2.75, 3.05) is 11.6 Å². The van der Waals surface area contributed by atoms with Gasteiger partial charge in [-0.25, -0.2) is 32.5 Å². The van der Waals surface area contributed by atoms with Crippen molar-refractivity contribution in [3.05, 3.63) is 72.6 Å². The van der Waals surface area contributed by atoms with E-state index in [1.807, 2.05) is 26.0 Å². The molecule has 12 nitrogen and oxygen atoms in total. The van der Waals surface area contributed by atoms with Gasteiger partial charge in [0.05, 0.1) is 29.0 Å². The summed E-state index contributed by atoms with van der Waals surface area (Å²) in [5.74, 6) is -0.341. The van der Waals surface area contributed by atoms with Crippen molar-refractivity contribution in [1.82, 2.24) is 39.8 Å². The van der Waals surface area contributed by atoms with Crippen LogP contribution in [0.1, 0.15) is 19.4 Å². The SMILES string of the molecule is CC(C)C(=O)Nc1cncc(-c2cnc3n[nH]c(-c4nc5nccc(-c6cc(F)cc(CNS(C)(=O)=O)c6)c5[nH]4)c3c2)c1. The van der Waals surface area contributed by atoms with Gasteiger partial charge < -0.3 is 10.3 Å². The predicted molar refractivity (Wildman–Crippen MR) is 161 cm³/mol. The fraction of sp³-hybridized carbons (Fsp3) is 0.172. The Labute approximate surface area is 245 Å². The maximum Gasteiger partial charge on any atom is 0.226 e. The highest BCUT2D eigenvalue weighted by atomic mass is 32.2. The molecule has 4 N–H and O–H groups in total. The minimum absolute atomic E-state index is 0.0516. The van der Waals surface area contributed by atoms with Crippen LogP contribution in [0.3, 0.4) is 0 Å². The molecule has 218 valence electrons. The van der Waals surface area contributed by atoms with Crippen LogP contribution in [0.25, 0.3) is 56.0 Å². The van der Waals surface area contributed by atoms with Gasteiger partial charge in [-0.1, -0.05) is 13.8 Å². The molecule has 43 heavy (non-hydrogen) atoms. The Balaban J connectivity index is 1.38. The normalized spacial score (nSPS) is 11.9. The zero-order chi connectivity index (χ0) is 30.3. The summed E-state index contributed by atoms with van der Waals surface area (Å²) in [5.41, 5.74) is 5.73. The van der Waals surface area contributed by atoms with Crippen LogP contribution in [0.2, 0.25) is 0 Å². The number of imidazole rings is 1. The summed E-state index contributed by atoms with van der Waals surface area (Å²) in [5, 5.41) is 10.9. The van der Waals surface area contributed by atoms with Crippen LogP contribution in [0.5, 0.6) is 0 Å². The van der Waals surface area contributed by atoms with E-state index in [0.29, 0.717) is 56.1 Å².